The van der Waals surface area contributed by atoms with Gasteiger partial charge in [0, 0.05) is 68.7 Å². The van der Waals surface area contributed by atoms with Crippen molar-refractivity contribution >= 4 is 0 Å². The molecule has 7 aliphatic rings. The molecule has 156 valence electrons. The van der Waals surface area contributed by atoms with Crippen LogP contribution in [0.4, 0.5) is 0 Å². The molecule has 0 radical (unpaired) electrons. The Balaban J connectivity index is 1.47. The van der Waals surface area contributed by atoms with E-state index < -0.39 is 5.60 Å². The maximum atomic E-state index is 12.3. The molecule has 7 rings (SSSR count). The topological polar surface area (TPSA) is 74.7 Å². The first-order valence-electron chi connectivity index (χ1n) is 11.3. The quantitative estimate of drug-likeness (QED) is 0.688. The highest BCUT2D eigenvalue weighted by Crippen LogP contribution is 2.80. The van der Waals surface area contributed by atoms with Crippen LogP contribution in [0.3, 0.4) is 0 Å². The summed E-state index contributed by atoms with van der Waals surface area (Å²) < 4.78 is 18.4. The van der Waals surface area contributed by atoms with E-state index in [2.05, 4.69) is 11.8 Å². The predicted molar refractivity (Wildman–Crippen MR) is 99.5 cm³/mol. The molecule has 5 aliphatic carbocycles. The van der Waals surface area contributed by atoms with Crippen molar-refractivity contribution in [3.8, 4) is 0 Å². The molecule has 28 heavy (non-hydrogen) atoms. The van der Waals surface area contributed by atoms with Gasteiger partial charge in [0.25, 0.3) is 0 Å². The van der Waals surface area contributed by atoms with Gasteiger partial charge in [-0.1, -0.05) is 6.92 Å². The van der Waals surface area contributed by atoms with E-state index >= 15 is 0 Å². The lowest BCUT2D eigenvalue weighted by atomic mass is 9.46. The van der Waals surface area contributed by atoms with E-state index in [0.29, 0.717) is 18.3 Å². The van der Waals surface area contributed by atoms with Crippen molar-refractivity contribution in [2.45, 2.75) is 74.3 Å². The van der Waals surface area contributed by atoms with Crippen LogP contribution in [0.15, 0.2) is 0 Å². The molecule has 0 aromatic heterocycles. The summed E-state index contributed by atoms with van der Waals surface area (Å²) in [6.07, 6.45) is 3.41. The van der Waals surface area contributed by atoms with Gasteiger partial charge >= 0.3 is 0 Å². The molecule has 7 bridgehead atoms. The fourth-order valence-electron chi connectivity index (χ4n) is 10.3. The third-order valence-corrected chi connectivity index (χ3v) is 10.9. The second-order valence-corrected chi connectivity index (χ2v) is 10.9. The minimum Gasteiger partial charge on any atom is -0.392 e. The number of aliphatic hydroxyl groups is 2. The first-order chi connectivity index (χ1) is 13.5. The second-order valence-electron chi connectivity index (χ2n) is 10.9. The van der Waals surface area contributed by atoms with Crippen LogP contribution in [0.2, 0.25) is 0 Å². The fraction of sp³-hybridized carbons (Fsp3) is 1.00. The molecule has 0 amide bonds. The highest BCUT2D eigenvalue weighted by molar-refractivity contribution is 5.37. The minimum absolute atomic E-state index is 0.0308. The van der Waals surface area contributed by atoms with Crippen molar-refractivity contribution in [3.05, 3.63) is 0 Å². The molecular formula is C22H33NO5. The Bertz CT molecular complexity index is 734. The maximum Gasteiger partial charge on any atom is 0.111 e. The van der Waals surface area contributed by atoms with Gasteiger partial charge in [-0.25, -0.2) is 0 Å². The molecule has 2 heterocycles. The zero-order valence-electron chi connectivity index (χ0n) is 17.1. The van der Waals surface area contributed by atoms with Gasteiger partial charge in [0.15, 0.2) is 0 Å². The van der Waals surface area contributed by atoms with Crippen LogP contribution in [0.1, 0.15) is 32.6 Å². The van der Waals surface area contributed by atoms with E-state index in [-0.39, 0.29) is 59.2 Å². The molecule has 5 unspecified atom stereocenters. The molecule has 2 aliphatic heterocycles. The molecule has 5 saturated carbocycles. The number of aliphatic hydroxyl groups excluding tert-OH is 1. The highest BCUT2D eigenvalue weighted by atomic mass is 16.6. The van der Waals surface area contributed by atoms with E-state index in [0.717, 1.165) is 32.4 Å². The second kappa shape index (κ2) is 4.97. The molecule has 7 fully saturated rings. The average molecular weight is 392 g/mol. The number of fused-ring (bicyclic) bond motifs is 2. The van der Waals surface area contributed by atoms with Gasteiger partial charge in [0.2, 0.25) is 0 Å². The molecule has 13 atom stereocenters. The van der Waals surface area contributed by atoms with Crippen molar-refractivity contribution in [2.24, 2.45) is 35.0 Å². The fourth-order valence-corrected chi connectivity index (χ4v) is 10.3. The molecule has 0 aromatic carbocycles. The standard InChI is InChI=1S/C22H33NO5/c1-4-23-9-21-14-6-12-19(23)22(14,15(24)7-16(21)28-21)11-5-10-13(26-2)8-20(12,25)17(11)18(10)27-3/h10-19,24-25H,4-9H2,1-3H3/t10-,11?,12-,13+,14?,15+,16?,17?,18+,19?,20+,21-,22-/m1/s1. The Morgan fingerprint density at radius 2 is 1.96 bits per heavy atom. The number of hydrogen-bond donors (Lipinski definition) is 2. The summed E-state index contributed by atoms with van der Waals surface area (Å²) >= 11 is 0. The zero-order valence-corrected chi connectivity index (χ0v) is 17.1. The SMILES string of the molecule is CCN1C[C@]23OC2C[C@H](O)[C@@]24C5C[C@@H]6[C@@H](OC)C[C@@](O)(C5[C@H]6OC)[C@H](CC32)C14. The van der Waals surface area contributed by atoms with Crippen molar-refractivity contribution in [2.75, 3.05) is 27.3 Å². The van der Waals surface area contributed by atoms with Crippen LogP contribution in [-0.4, -0.2) is 84.1 Å². The van der Waals surface area contributed by atoms with Crippen molar-refractivity contribution in [3.63, 3.8) is 0 Å². The third kappa shape index (κ3) is 1.50. The van der Waals surface area contributed by atoms with E-state index in [4.69, 9.17) is 14.2 Å². The number of likely N-dealkylation sites (tertiary alicyclic amines) is 1. The largest absolute Gasteiger partial charge is 0.392 e. The number of methoxy groups -OCH3 is 2. The van der Waals surface area contributed by atoms with Crippen molar-refractivity contribution in [1.29, 1.82) is 0 Å². The Morgan fingerprint density at radius 3 is 2.68 bits per heavy atom. The van der Waals surface area contributed by atoms with Gasteiger partial charge in [-0.15, -0.1) is 0 Å². The van der Waals surface area contributed by atoms with Crippen molar-refractivity contribution < 1.29 is 24.4 Å². The van der Waals surface area contributed by atoms with Crippen LogP contribution in [-0.2, 0) is 14.2 Å². The normalized spacial score (nSPS) is 68.0. The molecule has 2 saturated heterocycles. The monoisotopic (exact) mass is 391 g/mol. The van der Waals surface area contributed by atoms with E-state index in [1.165, 1.54) is 0 Å². The first-order valence-corrected chi connectivity index (χ1v) is 11.3. The Hall–Kier alpha value is -0.240. The van der Waals surface area contributed by atoms with Crippen LogP contribution in [0.5, 0.6) is 0 Å². The number of epoxide rings is 1. The van der Waals surface area contributed by atoms with Crippen LogP contribution >= 0.6 is 0 Å². The molecule has 2 spiro atoms. The number of piperidine rings is 1. The average Bonchev–Trinajstić information content (AvgIpc) is 3.14. The predicted octanol–water partition coefficient (Wildman–Crippen LogP) is 0.646. The number of hydrogen-bond acceptors (Lipinski definition) is 6. The van der Waals surface area contributed by atoms with Gasteiger partial charge < -0.3 is 24.4 Å². The van der Waals surface area contributed by atoms with E-state index in [1.807, 2.05) is 0 Å². The lowest BCUT2D eigenvalue weighted by Crippen LogP contribution is -2.75. The summed E-state index contributed by atoms with van der Waals surface area (Å²) in [7, 11) is 3.58. The van der Waals surface area contributed by atoms with Crippen molar-refractivity contribution in [1.82, 2.24) is 4.90 Å². The molecular weight excluding hydrogens is 358 g/mol. The molecule has 2 N–H and O–H groups in total. The first kappa shape index (κ1) is 17.4. The number of nitrogens with zero attached hydrogens (tertiary/aromatic N) is 1. The molecule has 0 aromatic rings. The van der Waals surface area contributed by atoms with E-state index in [9.17, 15) is 10.2 Å². The van der Waals surface area contributed by atoms with Crippen LogP contribution in [0, 0.1) is 35.0 Å². The highest BCUT2D eigenvalue weighted by Gasteiger charge is 2.88. The minimum atomic E-state index is -0.769. The maximum absolute atomic E-state index is 12.3. The van der Waals surface area contributed by atoms with Gasteiger partial charge in [-0.3, -0.25) is 4.90 Å². The molecule has 6 nitrogen and oxygen atoms in total. The van der Waals surface area contributed by atoms with Gasteiger partial charge in [-0.05, 0) is 25.3 Å². The third-order valence-electron chi connectivity index (χ3n) is 10.9. The summed E-state index contributed by atoms with van der Waals surface area (Å²) in [6.45, 7) is 4.16. The Morgan fingerprint density at radius 1 is 1.14 bits per heavy atom. The summed E-state index contributed by atoms with van der Waals surface area (Å²) in [4.78, 5) is 2.57. The summed E-state index contributed by atoms with van der Waals surface area (Å²) in [5.74, 6) is 1.26. The van der Waals surface area contributed by atoms with E-state index in [1.54, 1.807) is 14.2 Å². The number of ether oxygens (including phenoxy) is 3. The smallest absolute Gasteiger partial charge is 0.111 e. The lowest BCUT2D eigenvalue weighted by molar-refractivity contribution is -0.254. The summed E-state index contributed by atoms with van der Waals surface area (Å²) in [6, 6.07) is 0.256. The van der Waals surface area contributed by atoms with Crippen LogP contribution < -0.4 is 0 Å². The molecule has 6 heteroatoms. The van der Waals surface area contributed by atoms with Crippen LogP contribution in [0.25, 0.3) is 0 Å². The number of likely N-dealkylation sites (N-methyl/N-ethyl adjacent to an activating group) is 1. The van der Waals surface area contributed by atoms with Gasteiger partial charge in [0.1, 0.15) is 5.60 Å². The Kier molecular flexibility index (Phi) is 3.10. The zero-order chi connectivity index (χ0) is 19.2. The lowest BCUT2D eigenvalue weighted by Gasteiger charge is -2.65. The van der Waals surface area contributed by atoms with Gasteiger partial charge in [-0.2, -0.15) is 0 Å². The summed E-state index contributed by atoms with van der Waals surface area (Å²) in [5.41, 5.74) is -0.997. The van der Waals surface area contributed by atoms with Gasteiger partial charge in [0.05, 0.1) is 30.0 Å². The Labute approximate surface area is 166 Å². The summed E-state index contributed by atoms with van der Waals surface area (Å²) in [5, 5.41) is 24.0. The number of rotatable bonds is 3.